The van der Waals surface area contributed by atoms with Gasteiger partial charge in [-0.3, -0.25) is 9.48 Å². The molecule has 0 saturated heterocycles. The highest BCUT2D eigenvalue weighted by Gasteiger charge is 2.16. The lowest BCUT2D eigenvalue weighted by Crippen LogP contribution is -2.30. The molecule has 6 heteroatoms. The van der Waals surface area contributed by atoms with E-state index in [2.05, 4.69) is 10.4 Å². The topological polar surface area (TPSA) is 56.1 Å². The van der Waals surface area contributed by atoms with Crippen LogP contribution >= 0.6 is 11.6 Å². The second-order valence-corrected chi connectivity index (χ2v) is 4.94. The third kappa shape index (κ3) is 3.51. The van der Waals surface area contributed by atoms with Gasteiger partial charge in [-0.25, -0.2) is 0 Å². The Balaban J connectivity index is 1.98. The SMILES string of the molecule is Cc1cc(O[C@@H](C)C(=O)Nc2ccn(C)n2)ccc1Cl. The average Bonchev–Trinajstić information content (AvgIpc) is 2.79. The van der Waals surface area contributed by atoms with Crippen LogP contribution in [0, 0.1) is 6.92 Å². The molecule has 1 atom stereocenters. The Bertz CT molecular complexity index is 625. The zero-order valence-corrected chi connectivity index (χ0v) is 12.3. The van der Waals surface area contributed by atoms with E-state index in [1.165, 1.54) is 0 Å². The highest BCUT2D eigenvalue weighted by Crippen LogP contribution is 2.22. The van der Waals surface area contributed by atoms with Gasteiger partial charge in [-0.2, -0.15) is 5.10 Å². The quantitative estimate of drug-likeness (QED) is 0.943. The maximum Gasteiger partial charge on any atom is 0.266 e. The summed E-state index contributed by atoms with van der Waals surface area (Å²) in [5.74, 6) is 0.854. The van der Waals surface area contributed by atoms with Crippen LogP contribution in [0.5, 0.6) is 5.75 Å². The van der Waals surface area contributed by atoms with Crippen LogP contribution in [-0.2, 0) is 11.8 Å². The van der Waals surface area contributed by atoms with Crippen molar-refractivity contribution in [3.63, 3.8) is 0 Å². The zero-order chi connectivity index (χ0) is 14.7. The fourth-order valence-corrected chi connectivity index (χ4v) is 1.78. The van der Waals surface area contributed by atoms with Crippen molar-refractivity contribution in [1.82, 2.24) is 9.78 Å². The van der Waals surface area contributed by atoms with Gasteiger partial charge in [-0.15, -0.1) is 0 Å². The summed E-state index contributed by atoms with van der Waals surface area (Å²) in [5, 5.41) is 7.43. The van der Waals surface area contributed by atoms with Crippen LogP contribution in [0.25, 0.3) is 0 Å². The largest absolute Gasteiger partial charge is 0.481 e. The van der Waals surface area contributed by atoms with Crippen LogP contribution in [0.15, 0.2) is 30.5 Å². The number of hydrogen-bond acceptors (Lipinski definition) is 3. The molecule has 0 saturated carbocycles. The number of aromatic nitrogens is 2. The normalized spacial score (nSPS) is 12.0. The van der Waals surface area contributed by atoms with Gasteiger partial charge in [0.2, 0.25) is 0 Å². The highest BCUT2D eigenvalue weighted by atomic mass is 35.5. The van der Waals surface area contributed by atoms with Gasteiger partial charge in [0.1, 0.15) is 5.75 Å². The van der Waals surface area contributed by atoms with E-state index in [0.29, 0.717) is 16.6 Å². The molecule has 2 rings (SSSR count). The van der Waals surface area contributed by atoms with Crippen LogP contribution in [0.1, 0.15) is 12.5 Å². The molecular weight excluding hydrogens is 278 g/mol. The Morgan fingerprint density at radius 1 is 1.45 bits per heavy atom. The van der Waals surface area contributed by atoms with E-state index in [1.807, 2.05) is 6.92 Å². The molecule has 0 bridgehead atoms. The second-order valence-electron chi connectivity index (χ2n) is 4.53. The summed E-state index contributed by atoms with van der Waals surface area (Å²) in [6, 6.07) is 7.00. The molecule has 0 aliphatic rings. The van der Waals surface area contributed by atoms with Gasteiger partial charge in [0.25, 0.3) is 5.91 Å². The lowest BCUT2D eigenvalue weighted by Gasteiger charge is -2.14. The monoisotopic (exact) mass is 293 g/mol. The lowest BCUT2D eigenvalue weighted by molar-refractivity contribution is -0.122. The number of aryl methyl sites for hydroxylation is 2. The molecule has 0 aliphatic heterocycles. The predicted molar refractivity (Wildman–Crippen MR) is 78.1 cm³/mol. The molecular formula is C14H16ClN3O2. The number of nitrogens with one attached hydrogen (secondary N) is 1. The molecule has 5 nitrogen and oxygen atoms in total. The smallest absolute Gasteiger partial charge is 0.266 e. The maximum atomic E-state index is 12.0. The fourth-order valence-electron chi connectivity index (χ4n) is 1.66. The van der Waals surface area contributed by atoms with Crippen molar-refractivity contribution in [3.8, 4) is 5.75 Å². The number of ether oxygens (including phenoxy) is 1. The first kappa shape index (κ1) is 14.4. The molecule has 1 aromatic carbocycles. The van der Waals surface area contributed by atoms with Gasteiger partial charge in [0.15, 0.2) is 11.9 Å². The van der Waals surface area contributed by atoms with Crippen molar-refractivity contribution in [2.45, 2.75) is 20.0 Å². The number of halogens is 1. The summed E-state index contributed by atoms with van der Waals surface area (Å²) in [5.41, 5.74) is 0.904. The van der Waals surface area contributed by atoms with Gasteiger partial charge in [0, 0.05) is 24.3 Å². The third-order valence-corrected chi connectivity index (χ3v) is 3.20. The van der Waals surface area contributed by atoms with E-state index in [0.717, 1.165) is 5.56 Å². The molecule has 106 valence electrons. The van der Waals surface area contributed by atoms with Crippen molar-refractivity contribution in [3.05, 3.63) is 41.0 Å². The van der Waals surface area contributed by atoms with Crippen molar-refractivity contribution >= 4 is 23.3 Å². The summed E-state index contributed by atoms with van der Waals surface area (Å²) in [4.78, 5) is 12.0. The number of carbonyl (C=O) groups is 1. The first-order valence-electron chi connectivity index (χ1n) is 6.19. The Hall–Kier alpha value is -2.01. The molecule has 1 aromatic heterocycles. The van der Waals surface area contributed by atoms with E-state index >= 15 is 0 Å². The van der Waals surface area contributed by atoms with E-state index in [-0.39, 0.29) is 5.91 Å². The molecule has 1 heterocycles. The number of rotatable bonds is 4. The minimum atomic E-state index is -0.627. The molecule has 0 unspecified atom stereocenters. The molecule has 0 radical (unpaired) electrons. The van der Waals surface area contributed by atoms with Crippen molar-refractivity contribution in [2.75, 3.05) is 5.32 Å². The van der Waals surface area contributed by atoms with Crippen molar-refractivity contribution in [1.29, 1.82) is 0 Å². The minimum Gasteiger partial charge on any atom is -0.481 e. The predicted octanol–water partition coefficient (Wildman–Crippen LogP) is 2.79. The standard InChI is InChI=1S/C14H16ClN3O2/c1-9-8-11(4-5-12(9)15)20-10(2)14(19)16-13-6-7-18(3)17-13/h4-8,10H,1-3H3,(H,16,17,19)/t10-/m0/s1. The summed E-state index contributed by atoms with van der Waals surface area (Å²) < 4.78 is 7.20. The van der Waals surface area contributed by atoms with Gasteiger partial charge >= 0.3 is 0 Å². The van der Waals surface area contributed by atoms with Crippen LogP contribution in [0.4, 0.5) is 5.82 Å². The highest BCUT2D eigenvalue weighted by molar-refractivity contribution is 6.31. The molecule has 1 amide bonds. The number of benzene rings is 1. The molecule has 2 aromatic rings. The summed E-state index contributed by atoms with van der Waals surface area (Å²) in [7, 11) is 1.78. The second kappa shape index (κ2) is 5.96. The number of hydrogen-bond donors (Lipinski definition) is 1. The van der Waals surface area contributed by atoms with Gasteiger partial charge in [0.05, 0.1) is 0 Å². The van der Waals surface area contributed by atoms with E-state index in [9.17, 15) is 4.79 Å². The van der Waals surface area contributed by atoms with E-state index < -0.39 is 6.10 Å². The first-order valence-corrected chi connectivity index (χ1v) is 6.57. The van der Waals surface area contributed by atoms with Gasteiger partial charge in [-0.05, 0) is 37.6 Å². The molecule has 0 aliphatic carbocycles. The Kier molecular flexibility index (Phi) is 4.29. The fraction of sp³-hybridized carbons (Fsp3) is 0.286. The van der Waals surface area contributed by atoms with E-state index in [1.54, 1.807) is 49.1 Å². The van der Waals surface area contributed by atoms with Gasteiger partial charge < -0.3 is 10.1 Å². The third-order valence-electron chi connectivity index (χ3n) is 2.78. The molecule has 0 fully saturated rings. The van der Waals surface area contributed by atoms with Crippen molar-refractivity contribution in [2.24, 2.45) is 7.05 Å². The minimum absolute atomic E-state index is 0.253. The molecule has 20 heavy (non-hydrogen) atoms. The summed E-state index contributed by atoms with van der Waals surface area (Å²) in [6.45, 7) is 3.57. The van der Waals surface area contributed by atoms with Gasteiger partial charge in [-0.1, -0.05) is 11.6 Å². The van der Waals surface area contributed by atoms with Crippen molar-refractivity contribution < 1.29 is 9.53 Å². The van der Waals surface area contributed by atoms with Crippen LogP contribution in [0.2, 0.25) is 5.02 Å². The molecule has 1 N–H and O–H groups in total. The average molecular weight is 294 g/mol. The zero-order valence-electron chi connectivity index (χ0n) is 11.6. The van der Waals surface area contributed by atoms with Crippen LogP contribution in [0.3, 0.4) is 0 Å². The number of carbonyl (C=O) groups excluding carboxylic acids is 1. The molecule has 0 spiro atoms. The lowest BCUT2D eigenvalue weighted by atomic mass is 10.2. The van der Waals surface area contributed by atoms with Crippen LogP contribution < -0.4 is 10.1 Å². The number of anilines is 1. The Labute approximate surface area is 122 Å². The summed E-state index contributed by atoms with van der Waals surface area (Å²) >= 11 is 5.94. The Morgan fingerprint density at radius 2 is 2.20 bits per heavy atom. The Morgan fingerprint density at radius 3 is 2.80 bits per heavy atom. The summed E-state index contributed by atoms with van der Waals surface area (Å²) in [6.07, 6.45) is 1.13. The number of nitrogens with zero attached hydrogens (tertiary/aromatic N) is 2. The number of amides is 1. The van der Waals surface area contributed by atoms with Crippen LogP contribution in [-0.4, -0.2) is 21.8 Å². The maximum absolute atomic E-state index is 12.0. The van der Waals surface area contributed by atoms with E-state index in [4.69, 9.17) is 16.3 Å². The first-order chi connectivity index (χ1) is 9.45.